The maximum absolute atomic E-state index is 13.4. The Balaban J connectivity index is 1.63. The van der Waals surface area contributed by atoms with Gasteiger partial charge in [-0.25, -0.2) is 4.39 Å². The molecule has 1 aliphatic rings. The highest BCUT2D eigenvalue weighted by Gasteiger charge is 2.34. The first-order valence-corrected chi connectivity index (χ1v) is 9.78. The number of benzene rings is 2. The van der Waals surface area contributed by atoms with Crippen LogP contribution >= 0.6 is 0 Å². The summed E-state index contributed by atoms with van der Waals surface area (Å²) in [6.45, 7) is 7.28. The topological polar surface area (TPSA) is 25.8 Å². The summed E-state index contributed by atoms with van der Waals surface area (Å²) in [5, 5.41) is 2.39. The smallest absolute Gasteiger partial charge is 0.123 e. The average molecular weight is 357 g/mol. The van der Waals surface area contributed by atoms with Gasteiger partial charge in [-0.2, -0.15) is 0 Å². The molecule has 0 amide bonds. The van der Waals surface area contributed by atoms with Gasteiger partial charge in [0.25, 0.3) is 0 Å². The molecule has 2 N–H and O–H groups in total. The number of nitrogens with two attached hydrogens (primary N) is 1. The third kappa shape index (κ3) is 5.39. The van der Waals surface area contributed by atoms with Crippen LogP contribution in [0.25, 0.3) is 0 Å². The molecule has 0 aromatic heterocycles. The van der Waals surface area contributed by atoms with E-state index >= 15 is 0 Å². The van der Waals surface area contributed by atoms with E-state index in [0.717, 1.165) is 39.0 Å². The Morgan fingerprint density at radius 3 is 2.54 bits per heavy atom. The summed E-state index contributed by atoms with van der Waals surface area (Å²) in [6, 6.07) is 17.7. The van der Waals surface area contributed by atoms with Crippen LogP contribution in [-0.2, 0) is 11.3 Å². The van der Waals surface area contributed by atoms with E-state index in [1.54, 1.807) is 12.1 Å². The van der Waals surface area contributed by atoms with Crippen molar-refractivity contribution in [1.82, 2.24) is 0 Å². The van der Waals surface area contributed by atoms with E-state index in [0.29, 0.717) is 11.8 Å². The van der Waals surface area contributed by atoms with Crippen molar-refractivity contribution in [2.75, 3.05) is 13.2 Å². The number of hydrogen-bond donors (Lipinski definition) is 1. The highest BCUT2D eigenvalue weighted by Crippen LogP contribution is 2.39. The van der Waals surface area contributed by atoms with Gasteiger partial charge >= 0.3 is 0 Å². The SMILES string of the molecule is CC1(C)C[C@H]([C@@H](CC[NH2+]Cc2ccccc2)c2ccc(F)cc2)CCO1. The van der Waals surface area contributed by atoms with E-state index in [4.69, 9.17) is 4.74 Å². The lowest BCUT2D eigenvalue weighted by molar-refractivity contribution is -0.671. The Morgan fingerprint density at radius 2 is 1.85 bits per heavy atom. The van der Waals surface area contributed by atoms with Gasteiger partial charge in [0.1, 0.15) is 12.4 Å². The van der Waals surface area contributed by atoms with Gasteiger partial charge in [0.2, 0.25) is 0 Å². The van der Waals surface area contributed by atoms with Crippen molar-refractivity contribution >= 4 is 0 Å². The van der Waals surface area contributed by atoms with Gasteiger partial charge in [-0.05, 0) is 56.2 Å². The van der Waals surface area contributed by atoms with Crippen LogP contribution in [0.4, 0.5) is 4.39 Å². The second-order valence-corrected chi connectivity index (χ2v) is 8.07. The van der Waals surface area contributed by atoms with E-state index in [1.807, 2.05) is 12.1 Å². The molecule has 140 valence electrons. The zero-order valence-electron chi connectivity index (χ0n) is 16.0. The maximum Gasteiger partial charge on any atom is 0.123 e. The summed E-state index contributed by atoms with van der Waals surface area (Å²) in [5.74, 6) is 0.899. The second kappa shape index (κ2) is 8.79. The van der Waals surface area contributed by atoms with Crippen molar-refractivity contribution in [1.29, 1.82) is 0 Å². The Bertz CT molecular complexity index is 668. The lowest BCUT2D eigenvalue weighted by Crippen LogP contribution is -2.82. The van der Waals surface area contributed by atoms with Crippen molar-refractivity contribution in [2.45, 2.75) is 51.2 Å². The summed E-state index contributed by atoms with van der Waals surface area (Å²) in [7, 11) is 0. The van der Waals surface area contributed by atoms with Crippen molar-refractivity contribution in [3.63, 3.8) is 0 Å². The lowest BCUT2D eigenvalue weighted by atomic mass is 9.75. The van der Waals surface area contributed by atoms with E-state index in [-0.39, 0.29) is 11.4 Å². The predicted molar refractivity (Wildman–Crippen MR) is 103 cm³/mol. The highest BCUT2D eigenvalue weighted by molar-refractivity contribution is 5.21. The molecule has 1 aliphatic heterocycles. The van der Waals surface area contributed by atoms with Crippen molar-refractivity contribution < 1.29 is 14.4 Å². The van der Waals surface area contributed by atoms with Crippen molar-refractivity contribution in [3.8, 4) is 0 Å². The predicted octanol–water partition coefficient (Wildman–Crippen LogP) is 4.27. The fraction of sp³-hybridized carbons (Fsp3) is 0.478. The molecule has 2 nitrogen and oxygen atoms in total. The Morgan fingerprint density at radius 1 is 1.12 bits per heavy atom. The van der Waals surface area contributed by atoms with E-state index < -0.39 is 0 Å². The van der Waals surface area contributed by atoms with Crippen LogP contribution in [0.1, 0.15) is 50.2 Å². The largest absolute Gasteiger partial charge is 0.376 e. The number of hydrogen-bond acceptors (Lipinski definition) is 1. The summed E-state index contributed by atoms with van der Waals surface area (Å²) >= 11 is 0. The molecule has 0 unspecified atom stereocenters. The Hall–Kier alpha value is -1.71. The molecule has 3 heteroatoms. The van der Waals surface area contributed by atoms with Crippen LogP contribution < -0.4 is 5.32 Å². The minimum atomic E-state index is -0.157. The Kier molecular flexibility index (Phi) is 6.44. The first-order valence-electron chi connectivity index (χ1n) is 9.78. The van der Waals surface area contributed by atoms with Gasteiger partial charge in [0.15, 0.2) is 0 Å². The number of quaternary nitrogens is 1. The first kappa shape index (κ1) is 19.1. The van der Waals surface area contributed by atoms with Gasteiger partial charge in [-0.1, -0.05) is 42.5 Å². The third-order valence-electron chi connectivity index (χ3n) is 5.51. The summed E-state index contributed by atoms with van der Waals surface area (Å²) in [4.78, 5) is 0. The average Bonchev–Trinajstić information content (AvgIpc) is 2.63. The molecule has 0 radical (unpaired) electrons. The summed E-state index contributed by atoms with van der Waals surface area (Å²) < 4.78 is 19.3. The molecule has 26 heavy (non-hydrogen) atoms. The normalized spacial score (nSPS) is 20.7. The van der Waals surface area contributed by atoms with E-state index in [2.05, 4.69) is 49.5 Å². The van der Waals surface area contributed by atoms with Crippen molar-refractivity contribution in [2.24, 2.45) is 5.92 Å². The van der Waals surface area contributed by atoms with Crippen LogP contribution in [0, 0.1) is 11.7 Å². The molecule has 2 atom stereocenters. The minimum absolute atomic E-state index is 0.0606. The molecule has 1 saturated heterocycles. The monoisotopic (exact) mass is 356 g/mol. The van der Waals surface area contributed by atoms with Crippen LogP contribution in [0.5, 0.6) is 0 Å². The summed E-state index contributed by atoms with van der Waals surface area (Å²) in [5.41, 5.74) is 2.56. The quantitative estimate of drug-likeness (QED) is 0.737. The van der Waals surface area contributed by atoms with Gasteiger partial charge in [-0.3, -0.25) is 0 Å². The van der Waals surface area contributed by atoms with Crippen LogP contribution in [-0.4, -0.2) is 18.8 Å². The zero-order chi connectivity index (χ0) is 18.4. The lowest BCUT2D eigenvalue weighted by Gasteiger charge is -2.39. The number of halogens is 1. The van der Waals surface area contributed by atoms with Gasteiger partial charge < -0.3 is 10.1 Å². The fourth-order valence-electron chi connectivity index (χ4n) is 4.19. The molecule has 1 heterocycles. The molecule has 0 spiro atoms. The van der Waals surface area contributed by atoms with E-state index in [1.165, 1.54) is 11.1 Å². The molecule has 0 aliphatic carbocycles. The van der Waals surface area contributed by atoms with Gasteiger partial charge in [0.05, 0.1) is 12.1 Å². The standard InChI is InChI=1S/C23H30FNO/c1-23(2)16-20(13-15-26-23)22(19-8-10-21(24)11-9-19)12-14-25-17-18-6-4-3-5-7-18/h3-11,20,22,25H,12-17H2,1-2H3/p+1/t20-,22+/m1/s1. The first-order chi connectivity index (χ1) is 12.5. The molecule has 0 bridgehead atoms. The van der Waals surface area contributed by atoms with Gasteiger partial charge in [-0.15, -0.1) is 0 Å². The third-order valence-corrected chi connectivity index (χ3v) is 5.51. The van der Waals surface area contributed by atoms with Crippen LogP contribution in [0.15, 0.2) is 54.6 Å². The molecule has 2 aromatic carbocycles. The minimum Gasteiger partial charge on any atom is -0.376 e. The van der Waals surface area contributed by atoms with E-state index in [9.17, 15) is 4.39 Å². The molecule has 1 fully saturated rings. The summed E-state index contributed by atoms with van der Waals surface area (Å²) in [6.07, 6.45) is 3.26. The number of ether oxygens (including phenoxy) is 1. The second-order valence-electron chi connectivity index (χ2n) is 8.07. The van der Waals surface area contributed by atoms with Gasteiger partial charge in [0, 0.05) is 18.6 Å². The molecule has 3 rings (SSSR count). The zero-order valence-corrected chi connectivity index (χ0v) is 16.0. The maximum atomic E-state index is 13.4. The fourth-order valence-corrected chi connectivity index (χ4v) is 4.19. The number of rotatable bonds is 7. The molecular weight excluding hydrogens is 325 g/mol. The molecular formula is C23H31FNO+. The Labute approximate surface area is 156 Å². The highest BCUT2D eigenvalue weighted by atomic mass is 19.1. The van der Waals surface area contributed by atoms with Crippen LogP contribution in [0.2, 0.25) is 0 Å². The molecule has 2 aromatic rings. The molecule has 0 saturated carbocycles. The van der Waals surface area contributed by atoms with Crippen LogP contribution in [0.3, 0.4) is 0 Å². The van der Waals surface area contributed by atoms with Crippen molar-refractivity contribution in [3.05, 3.63) is 71.5 Å².